The number of carbonyl (C=O) groups excluding carboxylic acids is 1. The van der Waals surface area contributed by atoms with Crippen LogP contribution in [0, 0.1) is 19.8 Å². The molecule has 1 N–H and O–H groups in total. The summed E-state index contributed by atoms with van der Waals surface area (Å²) in [7, 11) is 0. The van der Waals surface area contributed by atoms with Crippen molar-refractivity contribution < 1.29 is 4.79 Å². The minimum absolute atomic E-state index is 0.0409. The summed E-state index contributed by atoms with van der Waals surface area (Å²) in [5.74, 6) is 0.369. The van der Waals surface area contributed by atoms with E-state index < -0.39 is 0 Å². The maximum atomic E-state index is 13.6. The molecule has 2 aromatic carbocycles. The SMILES string of the molecule is Cc1cccc(C)c1NC(=O)C1CCN(c2nc3cccnc3n(Cc3ccccc3)c2=O)CC1. The average molecular weight is 468 g/mol. The Morgan fingerprint density at radius 2 is 1.69 bits per heavy atom. The van der Waals surface area contributed by atoms with Crippen molar-refractivity contribution in [3.63, 3.8) is 0 Å². The first-order chi connectivity index (χ1) is 17.0. The number of fused-ring (bicyclic) bond motifs is 1. The van der Waals surface area contributed by atoms with Crippen LogP contribution < -0.4 is 15.8 Å². The third-order valence-electron chi connectivity index (χ3n) is 6.76. The number of hydrogen-bond donors (Lipinski definition) is 1. The fraction of sp³-hybridized carbons (Fsp3) is 0.286. The van der Waals surface area contributed by atoms with Crippen molar-refractivity contribution in [2.75, 3.05) is 23.3 Å². The molecule has 0 bridgehead atoms. The van der Waals surface area contributed by atoms with E-state index in [4.69, 9.17) is 4.98 Å². The monoisotopic (exact) mass is 467 g/mol. The van der Waals surface area contributed by atoms with Gasteiger partial charge >= 0.3 is 0 Å². The molecule has 0 saturated carbocycles. The minimum atomic E-state index is -0.154. The molecule has 1 aliphatic heterocycles. The van der Waals surface area contributed by atoms with Crippen LogP contribution in [0.3, 0.4) is 0 Å². The first-order valence-electron chi connectivity index (χ1n) is 12.0. The van der Waals surface area contributed by atoms with Crippen molar-refractivity contribution >= 4 is 28.6 Å². The van der Waals surface area contributed by atoms with E-state index in [-0.39, 0.29) is 17.4 Å². The number of benzene rings is 2. The maximum Gasteiger partial charge on any atom is 0.295 e. The molecular formula is C28H29N5O2. The summed E-state index contributed by atoms with van der Waals surface area (Å²) >= 11 is 0. The van der Waals surface area contributed by atoms with Crippen LogP contribution in [0.25, 0.3) is 11.2 Å². The first-order valence-corrected chi connectivity index (χ1v) is 12.0. The number of pyridine rings is 1. The molecule has 0 spiro atoms. The summed E-state index contributed by atoms with van der Waals surface area (Å²) in [5, 5.41) is 3.13. The summed E-state index contributed by atoms with van der Waals surface area (Å²) in [6, 6.07) is 19.6. The summed E-state index contributed by atoms with van der Waals surface area (Å²) in [4.78, 5) is 37.7. The predicted octanol–water partition coefficient (Wildman–Crippen LogP) is 4.31. The Balaban J connectivity index is 1.37. The molecule has 7 heteroatoms. The second-order valence-electron chi connectivity index (χ2n) is 9.18. The number of nitrogens with zero attached hydrogens (tertiary/aromatic N) is 4. The van der Waals surface area contributed by atoms with E-state index in [2.05, 4.69) is 10.3 Å². The van der Waals surface area contributed by atoms with E-state index in [0.717, 1.165) is 22.4 Å². The number of aromatic nitrogens is 3. The van der Waals surface area contributed by atoms with E-state index in [1.54, 1.807) is 10.8 Å². The molecule has 1 fully saturated rings. The third kappa shape index (κ3) is 4.67. The van der Waals surface area contributed by atoms with Gasteiger partial charge in [-0.1, -0.05) is 48.5 Å². The normalized spacial score (nSPS) is 14.3. The smallest absolute Gasteiger partial charge is 0.295 e. The highest BCUT2D eigenvalue weighted by molar-refractivity contribution is 5.94. The predicted molar refractivity (Wildman–Crippen MR) is 139 cm³/mol. The molecule has 0 unspecified atom stereocenters. The van der Waals surface area contributed by atoms with E-state index in [0.29, 0.717) is 49.5 Å². The van der Waals surface area contributed by atoms with Gasteiger partial charge in [-0.2, -0.15) is 0 Å². The van der Waals surface area contributed by atoms with Gasteiger partial charge in [0.05, 0.1) is 6.54 Å². The lowest BCUT2D eigenvalue weighted by atomic mass is 9.95. The number of nitrogens with one attached hydrogen (secondary N) is 1. The fourth-order valence-electron chi connectivity index (χ4n) is 4.77. The quantitative estimate of drug-likeness (QED) is 0.473. The van der Waals surface area contributed by atoms with Gasteiger partial charge in [0, 0.05) is 30.9 Å². The summed E-state index contributed by atoms with van der Waals surface area (Å²) in [6.07, 6.45) is 3.02. The third-order valence-corrected chi connectivity index (χ3v) is 6.76. The zero-order valence-electron chi connectivity index (χ0n) is 20.1. The van der Waals surface area contributed by atoms with Gasteiger partial charge in [0.2, 0.25) is 5.91 Å². The molecule has 1 saturated heterocycles. The number of piperidine rings is 1. The zero-order valence-corrected chi connectivity index (χ0v) is 20.1. The fourth-order valence-corrected chi connectivity index (χ4v) is 4.77. The van der Waals surface area contributed by atoms with Crippen molar-refractivity contribution in [3.05, 3.63) is 93.9 Å². The van der Waals surface area contributed by atoms with Gasteiger partial charge in [-0.15, -0.1) is 0 Å². The number of aryl methyl sites for hydroxylation is 2. The molecule has 3 heterocycles. The molecule has 1 aliphatic rings. The molecule has 7 nitrogen and oxygen atoms in total. The Hall–Kier alpha value is -4.00. The lowest BCUT2D eigenvalue weighted by Crippen LogP contribution is -2.42. The highest BCUT2D eigenvalue weighted by atomic mass is 16.2. The van der Waals surface area contributed by atoms with Crippen LogP contribution in [-0.4, -0.2) is 33.5 Å². The number of carbonyl (C=O) groups is 1. The number of anilines is 2. The average Bonchev–Trinajstić information content (AvgIpc) is 2.88. The number of para-hydroxylation sites is 1. The summed E-state index contributed by atoms with van der Waals surface area (Å²) in [6.45, 7) is 5.64. The van der Waals surface area contributed by atoms with Gasteiger partial charge in [0.1, 0.15) is 5.52 Å². The van der Waals surface area contributed by atoms with Crippen LogP contribution in [-0.2, 0) is 11.3 Å². The van der Waals surface area contributed by atoms with Crippen LogP contribution in [0.4, 0.5) is 11.5 Å². The molecule has 5 rings (SSSR count). The topological polar surface area (TPSA) is 80.1 Å². The van der Waals surface area contributed by atoms with Crippen LogP contribution in [0.5, 0.6) is 0 Å². The zero-order chi connectivity index (χ0) is 24.4. The van der Waals surface area contributed by atoms with Crippen LogP contribution in [0.15, 0.2) is 71.7 Å². The van der Waals surface area contributed by atoms with E-state index in [1.807, 2.05) is 79.4 Å². The van der Waals surface area contributed by atoms with Gasteiger partial charge in [-0.05, 0) is 55.5 Å². The highest BCUT2D eigenvalue weighted by Crippen LogP contribution is 2.25. The standard InChI is InChI=1S/C28H29N5O2/c1-19-8-6-9-20(2)24(19)31-27(34)22-13-16-32(17-14-22)26-28(35)33(18-21-10-4-3-5-11-21)25-23(30-26)12-7-15-29-25/h3-12,15,22H,13-14,16-18H2,1-2H3,(H,31,34). The van der Waals surface area contributed by atoms with E-state index in [1.165, 1.54) is 0 Å². The summed E-state index contributed by atoms with van der Waals surface area (Å²) in [5.41, 5.74) is 5.15. The van der Waals surface area contributed by atoms with Crippen LogP contribution in [0.2, 0.25) is 0 Å². The number of amides is 1. The molecular weight excluding hydrogens is 438 g/mol. The van der Waals surface area contributed by atoms with Gasteiger partial charge in [0.25, 0.3) is 5.56 Å². The second-order valence-corrected chi connectivity index (χ2v) is 9.18. The lowest BCUT2D eigenvalue weighted by molar-refractivity contribution is -0.120. The summed E-state index contributed by atoms with van der Waals surface area (Å²) < 4.78 is 1.70. The van der Waals surface area contributed by atoms with Crippen molar-refractivity contribution in [2.45, 2.75) is 33.2 Å². The molecule has 4 aromatic rings. The molecule has 178 valence electrons. The molecule has 0 aliphatic carbocycles. The van der Waals surface area contributed by atoms with E-state index >= 15 is 0 Å². The largest absolute Gasteiger partial charge is 0.352 e. The Morgan fingerprint density at radius 1 is 0.971 bits per heavy atom. The number of hydrogen-bond acceptors (Lipinski definition) is 5. The molecule has 0 atom stereocenters. The van der Waals surface area contributed by atoms with Crippen LogP contribution in [0.1, 0.15) is 29.5 Å². The maximum absolute atomic E-state index is 13.6. The van der Waals surface area contributed by atoms with Crippen molar-refractivity contribution in [1.82, 2.24) is 14.5 Å². The molecule has 1 amide bonds. The van der Waals surface area contributed by atoms with Crippen molar-refractivity contribution in [3.8, 4) is 0 Å². The van der Waals surface area contributed by atoms with E-state index in [9.17, 15) is 9.59 Å². The minimum Gasteiger partial charge on any atom is -0.352 e. The highest BCUT2D eigenvalue weighted by Gasteiger charge is 2.28. The van der Waals surface area contributed by atoms with Gasteiger partial charge in [-0.3, -0.25) is 14.2 Å². The van der Waals surface area contributed by atoms with Crippen LogP contribution >= 0.6 is 0 Å². The lowest BCUT2D eigenvalue weighted by Gasteiger charge is -2.32. The Kier molecular flexibility index (Phi) is 6.31. The Bertz CT molecular complexity index is 1400. The molecule has 2 aromatic heterocycles. The van der Waals surface area contributed by atoms with Gasteiger partial charge in [0.15, 0.2) is 11.5 Å². The van der Waals surface area contributed by atoms with Gasteiger partial charge in [-0.25, -0.2) is 9.97 Å². The second kappa shape index (κ2) is 9.70. The molecule has 35 heavy (non-hydrogen) atoms. The van der Waals surface area contributed by atoms with Crippen molar-refractivity contribution in [2.24, 2.45) is 5.92 Å². The van der Waals surface area contributed by atoms with Gasteiger partial charge < -0.3 is 10.2 Å². The number of rotatable bonds is 5. The Labute approximate surface area is 204 Å². The van der Waals surface area contributed by atoms with Crippen molar-refractivity contribution in [1.29, 1.82) is 0 Å². The first kappa shape index (κ1) is 22.8. The molecule has 0 radical (unpaired) electrons. The Morgan fingerprint density at radius 3 is 2.40 bits per heavy atom.